The molecule has 0 aromatic heterocycles. The van der Waals surface area contributed by atoms with Crippen LogP contribution in [0, 0.1) is 6.92 Å². The minimum absolute atomic E-state index is 0.0469. The Morgan fingerprint density at radius 1 is 0.943 bits per heavy atom. The number of nitrogens with one attached hydrogen (secondary N) is 2. The first kappa shape index (κ1) is 26.4. The van der Waals surface area contributed by atoms with Crippen LogP contribution >= 0.6 is 0 Å². The van der Waals surface area contributed by atoms with E-state index in [0.717, 1.165) is 11.1 Å². The molecule has 3 rings (SSSR count). The number of ether oxygens (including phenoxy) is 1. The molecule has 0 spiro atoms. The van der Waals surface area contributed by atoms with E-state index in [1.54, 1.807) is 43.3 Å². The summed E-state index contributed by atoms with van der Waals surface area (Å²) in [6.45, 7) is 1.82. The second-order valence-electron chi connectivity index (χ2n) is 7.92. The van der Waals surface area contributed by atoms with Gasteiger partial charge >= 0.3 is 0 Å². The zero-order chi connectivity index (χ0) is 25.6. The van der Waals surface area contributed by atoms with Crippen LogP contribution < -0.4 is 19.9 Å². The van der Waals surface area contributed by atoms with Gasteiger partial charge in [0.1, 0.15) is 16.7 Å². The molecule has 0 radical (unpaired) electrons. The summed E-state index contributed by atoms with van der Waals surface area (Å²) in [4.78, 5) is 13.0. The third-order valence-electron chi connectivity index (χ3n) is 5.22. The highest BCUT2D eigenvalue weighted by Gasteiger charge is 2.28. The van der Waals surface area contributed by atoms with Crippen molar-refractivity contribution in [2.75, 3.05) is 7.11 Å². The molecule has 0 heterocycles. The van der Waals surface area contributed by atoms with Gasteiger partial charge in [0.2, 0.25) is 26.0 Å². The number of rotatable bonds is 10. The van der Waals surface area contributed by atoms with Crippen molar-refractivity contribution >= 4 is 26.0 Å². The van der Waals surface area contributed by atoms with E-state index in [2.05, 4.69) is 10.0 Å². The molecule has 0 fully saturated rings. The van der Waals surface area contributed by atoms with Crippen molar-refractivity contribution in [1.29, 1.82) is 0 Å². The first-order valence-electron chi connectivity index (χ1n) is 10.6. The molecule has 0 aliphatic heterocycles. The molecule has 0 bridgehead atoms. The van der Waals surface area contributed by atoms with Crippen molar-refractivity contribution in [2.24, 2.45) is 5.14 Å². The first-order valence-corrected chi connectivity index (χ1v) is 13.6. The monoisotopic (exact) mass is 517 g/mol. The van der Waals surface area contributed by atoms with Gasteiger partial charge in [-0.15, -0.1) is 0 Å². The summed E-state index contributed by atoms with van der Waals surface area (Å²) in [5.41, 5.74) is 2.11. The number of methoxy groups -OCH3 is 1. The van der Waals surface area contributed by atoms with Crippen LogP contribution in [-0.2, 0) is 37.8 Å². The summed E-state index contributed by atoms with van der Waals surface area (Å²) >= 11 is 0. The Kier molecular flexibility index (Phi) is 8.28. The van der Waals surface area contributed by atoms with Gasteiger partial charge < -0.3 is 10.1 Å². The summed E-state index contributed by atoms with van der Waals surface area (Å²) in [7, 11) is -6.57. The fourth-order valence-electron chi connectivity index (χ4n) is 3.39. The zero-order valence-electron chi connectivity index (χ0n) is 19.3. The van der Waals surface area contributed by atoms with Gasteiger partial charge in [0.05, 0.1) is 12.0 Å². The number of nitrogens with two attached hydrogens (primary N) is 1. The quantitative estimate of drug-likeness (QED) is 0.374. The Hall–Kier alpha value is -3.25. The van der Waals surface area contributed by atoms with Crippen LogP contribution in [0.2, 0.25) is 0 Å². The van der Waals surface area contributed by atoms with Crippen molar-refractivity contribution in [3.05, 3.63) is 89.5 Å². The van der Waals surface area contributed by atoms with Gasteiger partial charge in [0.15, 0.2) is 0 Å². The Balaban J connectivity index is 1.83. The number of benzene rings is 3. The summed E-state index contributed by atoms with van der Waals surface area (Å²) in [6, 6.07) is 18.4. The van der Waals surface area contributed by atoms with Gasteiger partial charge in [0, 0.05) is 6.54 Å². The predicted octanol–water partition coefficient (Wildman–Crippen LogP) is 1.86. The summed E-state index contributed by atoms with van der Waals surface area (Å²) in [5.74, 6) is -0.378. The molecule has 3 aromatic rings. The lowest BCUT2D eigenvalue weighted by atomic mass is 10.1. The Labute approximate surface area is 205 Å². The molecule has 0 aliphatic carbocycles. The van der Waals surface area contributed by atoms with E-state index in [0.29, 0.717) is 5.56 Å². The topological polar surface area (TPSA) is 145 Å². The third-order valence-corrected chi connectivity index (χ3v) is 7.65. The molecule has 0 unspecified atom stereocenters. The van der Waals surface area contributed by atoms with Crippen LogP contribution in [-0.4, -0.2) is 35.9 Å². The maximum absolute atomic E-state index is 13.2. The third kappa shape index (κ3) is 7.12. The standard InChI is InChI=1S/C24H27N3O6S2/c1-17-8-13-22(33-2)23(14-17)35(31,32)27-21(15-18-6-4-3-5-7-18)24(28)26-16-19-9-11-20(12-10-19)34(25,29)30/h3-14,21,27H,15-16H2,1-2H3,(H,26,28)(H2,25,29,30)/t21-/m0/s1. The summed E-state index contributed by atoms with van der Waals surface area (Å²) < 4.78 is 57.0. The lowest BCUT2D eigenvalue weighted by molar-refractivity contribution is -0.122. The average molecular weight is 518 g/mol. The molecular formula is C24H27N3O6S2. The number of carbonyl (C=O) groups is 1. The molecule has 1 atom stereocenters. The molecule has 9 nitrogen and oxygen atoms in total. The van der Waals surface area contributed by atoms with Crippen LogP contribution in [0.15, 0.2) is 82.6 Å². The Morgan fingerprint density at radius 2 is 1.60 bits per heavy atom. The number of hydrogen-bond acceptors (Lipinski definition) is 6. The maximum atomic E-state index is 13.2. The highest BCUT2D eigenvalue weighted by molar-refractivity contribution is 7.89. The molecule has 35 heavy (non-hydrogen) atoms. The number of aryl methyl sites for hydroxylation is 1. The van der Waals surface area contributed by atoms with Crippen molar-refractivity contribution in [3.8, 4) is 5.75 Å². The molecule has 3 aromatic carbocycles. The predicted molar refractivity (Wildman–Crippen MR) is 132 cm³/mol. The minimum atomic E-state index is -4.11. The van der Waals surface area contributed by atoms with Crippen molar-refractivity contribution < 1.29 is 26.4 Å². The zero-order valence-corrected chi connectivity index (χ0v) is 20.9. The normalized spacial score (nSPS) is 12.7. The molecule has 0 aliphatic rings. The van der Waals surface area contributed by atoms with E-state index in [1.165, 1.54) is 37.4 Å². The van der Waals surface area contributed by atoms with Crippen molar-refractivity contribution in [3.63, 3.8) is 0 Å². The number of primary sulfonamides is 1. The van der Waals surface area contributed by atoms with Crippen LogP contribution in [0.1, 0.15) is 16.7 Å². The molecule has 0 saturated carbocycles. The highest BCUT2D eigenvalue weighted by atomic mass is 32.2. The number of sulfonamides is 2. The molecule has 4 N–H and O–H groups in total. The van der Waals surface area contributed by atoms with Gasteiger partial charge in [0.25, 0.3) is 0 Å². The van der Waals surface area contributed by atoms with Gasteiger partial charge in [-0.2, -0.15) is 4.72 Å². The Bertz CT molecular complexity index is 1390. The SMILES string of the molecule is COc1ccc(C)cc1S(=O)(=O)N[C@@H](Cc1ccccc1)C(=O)NCc1ccc(S(N)(=O)=O)cc1. The lowest BCUT2D eigenvalue weighted by Crippen LogP contribution is -2.47. The maximum Gasteiger partial charge on any atom is 0.244 e. The molecule has 0 saturated heterocycles. The Morgan fingerprint density at radius 3 is 2.20 bits per heavy atom. The number of amides is 1. The smallest absolute Gasteiger partial charge is 0.244 e. The second kappa shape index (κ2) is 11.0. The number of hydrogen-bond donors (Lipinski definition) is 3. The summed E-state index contributed by atoms with van der Waals surface area (Å²) in [5, 5.41) is 7.82. The van der Waals surface area contributed by atoms with E-state index in [4.69, 9.17) is 9.88 Å². The molecule has 186 valence electrons. The van der Waals surface area contributed by atoms with Crippen LogP contribution in [0.4, 0.5) is 0 Å². The average Bonchev–Trinajstić information content (AvgIpc) is 2.82. The fraction of sp³-hybridized carbons (Fsp3) is 0.208. The minimum Gasteiger partial charge on any atom is -0.495 e. The molecule has 1 amide bonds. The fourth-order valence-corrected chi connectivity index (χ4v) is 5.36. The molecular weight excluding hydrogens is 490 g/mol. The van der Waals surface area contributed by atoms with Crippen molar-refractivity contribution in [1.82, 2.24) is 10.0 Å². The van der Waals surface area contributed by atoms with Gasteiger partial charge in [-0.3, -0.25) is 4.79 Å². The highest BCUT2D eigenvalue weighted by Crippen LogP contribution is 2.25. The van der Waals surface area contributed by atoms with Crippen LogP contribution in [0.25, 0.3) is 0 Å². The van der Waals surface area contributed by atoms with E-state index < -0.39 is 32.0 Å². The lowest BCUT2D eigenvalue weighted by Gasteiger charge is -2.20. The van der Waals surface area contributed by atoms with Gasteiger partial charge in [-0.05, 0) is 54.3 Å². The van der Waals surface area contributed by atoms with Crippen molar-refractivity contribution in [2.45, 2.75) is 35.7 Å². The van der Waals surface area contributed by atoms with Gasteiger partial charge in [-0.25, -0.2) is 22.0 Å². The first-order chi connectivity index (χ1) is 16.5. The van der Waals surface area contributed by atoms with Gasteiger partial charge in [-0.1, -0.05) is 48.5 Å². The van der Waals surface area contributed by atoms with E-state index >= 15 is 0 Å². The van der Waals surface area contributed by atoms with E-state index in [1.807, 2.05) is 6.07 Å². The largest absolute Gasteiger partial charge is 0.495 e. The van der Waals surface area contributed by atoms with E-state index in [-0.39, 0.29) is 28.5 Å². The summed E-state index contributed by atoms with van der Waals surface area (Å²) in [6.07, 6.45) is 0.115. The van der Waals surface area contributed by atoms with Crippen LogP contribution in [0.3, 0.4) is 0 Å². The number of carbonyl (C=O) groups excluding carboxylic acids is 1. The molecule has 11 heteroatoms. The second-order valence-corrected chi connectivity index (χ2v) is 11.2. The van der Waals surface area contributed by atoms with Crippen LogP contribution in [0.5, 0.6) is 5.75 Å². The van der Waals surface area contributed by atoms with E-state index in [9.17, 15) is 21.6 Å².